The Labute approximate surface area is 125 Å². The third kappa shape index (κ3) is 3.72. The number of urea groups is 1. The summed E-state index contributed by atoms with van der Waals surface area (Å²) in [5.74, 6) is -0.856. The summed E-state index contributed by atoms with van der Waals surface area (Å²) in [6.07, 6.45) is 1.49. The second kappa shape index (κ2) is 6.43. The van der Waals surface area contributed by atoms with Crippen molar-refractivity contribution in [1.29, 1.82) is 0 Å². The van der Waals surface area contributed by atoms with E-state index in [4.69, 9.17) is 0 Å². The van der Waals surface area contributed by atoms with Crippen molar-refractivity contribution in [1.82, 2.24) is 15.5 Å². The predicted octanol–water partition coefficient (Wildman–Crippen LogP) is 0.374. The molecule has 3 N–H and O–H groups in total. The summed E-state index contributed by atoms with van der Waals surface area (Å²) in [5.41, 5.74) is -1.89. The molecule has 0 saturated carbocycles. The number of amides is 4. The van der Waals surface area contributed by atoms with Crippen molar-refractivity contribution in [3.8, 4) is 0 Å². The van der Waals surface area contributed by atoms with Gasteiger partial charge in [0.1, 0.15) is 12.1 Å². The molecule has 0 spiro atoms. The molecule has 0 aromatic carbocycles. The number of nitrogens with one attached hydrogen (secondary N) is 2. The van der Waals surface area contributed by atoms with Crippen LogP contribution in [0.15, 0.2) is 0 Å². The van der Waals surface area contributed by atoms with Crippen LogP contribution in [-0.2, 0) is 9.59 Å². The summed E-state index contributed by atoms with van der Waals surface area (Å²) in [6.45, 7) is 6.87. The average molecular weight is 299 g/mol. The number of hydrogen-bond donors (Lipinski definition) is 3. The quantitative estimate of drug-likeness (QED) is 0.592. The molecule has 1 saturated heterocycles. The van der Waals surface area contributed by atoms with E-state index in [2.05, 4.69) is 10.6 Å². The van der Waals surface area contributed by atoms with Crippen LogP contribution in [0, 0.1) is 0 Å². The van der Waals surface area contributed by atoms with Gasteiger partial charge in [-0.05, 0) is 26.2 Å². The monoisotopic (exact) mass is 299 g/mol. The maximum Gasteiger partial charge on any atom is 0.325 e. The van der Waals surface area contributed by atoms with Crippen LogP contribution in [0.1, 0.15) is 47.0 Å². The maximum atomic E-state index is 12.1. The highest BCUT2D eigenvalue weighted by molar-refractivity contribution is 6.08. The molecule has 1 unspecified atom stereocenters. The van der Waals surface area contributed by atoms with Gasteiger partial charge < -0.3 is 15.7 Å². The van der Waals surface area contributed by atoms with Crippen LogP contribution in [0.2, 0.25) is 0 Å². The van der Waals surface area contributed by atoms with Crippen LogP contribution < -0.4 is 10.6 Å². The van der Waals surface area contributed by atoms with Crippen molar-refractivity contribution in [3.05, 3.63) is 0 Å². The van der Waals surface area contributed by atoms with Crippen LogP contribution in [0.4, 0.5) is 4.79 Å². The molecule has 0 radical (unpaired) electrons. The molecule has 7 heteroatoms. The molecule has 0 aromatic rings. The first-order valence-corrected chi connectivity index (χ1v) is 7.34. The van der Waals surface area contributed by atoms with Crippen LogP contribution >= 0.6 is 0 Å². The fourth-order valence-corrected chi connectivity index (χ4v) is 2.09. The van der Waals surface area contributed by atoms with Crippen molar-refractivity contribution in [2.24, 2.45) is 0 Å². The lowest BCUT2D eigenvalue weighted by molar-refractivity contribution is -0.135. The summed E-state index contributed by atoms with van der Waals surface area (Å²) < 4.78 is 0. The first kappa shape index (κ1) is 17.4. The maximum absolute atomic E-state index is 12.1. The van der Waals surface area contributed by atoms with E-state index >= 15 is 0 Å². The highest BCUT2D eigenvalue weighted by atomic mass is 16.3. The molecule has 7 nitrogen and oxygen atoms in total. The van der Waals surface area contributed by atoms with E-state index in [0.29, 0.717) is 19.3 Å². The Kier molecular flexibility index (Phi) is 5.33. The van der Waals surface area contributed by atoms with Crippen molar-refractivity contribution in [2.45, 2.75) is 58.1 Å². The minimum atomic E-state index is -0.954. The standard InChI is InChI=1S/C14H25N3O4/c1-5-13(4)11(19)17(12(20)16-13)8-10(18)15-9-14(21,6-2)7-3/h21H,5-9H2,1-4H3,(H,15,18)(H,16,20). The highest BCUT2D eigenvalue weighted by Crippen LogP contribution is 2.20. The molecule has 1 aliphatic rings. The Morgan fingerprint density at radius 1 is 1.33 bits per heavy atom. The van der Waals surface area contributed by atoms with Gasteiger partial charge in [0.15, 0.2) is 0 Å². The van der Waals surface area contributed by atoms with Gasteiger partial charge in [-0.15, -0.1) is 0 Å². The van der Waals surface area contributed by atoms with Crippen LogP contribution in [0.3, 0.4) is 0 Å². The van der Waals surface area contributed by atoms with Crippen molar-refractivity contribution < 1.29 is 19.5 Å². The van der Waals surface area contributed by atoms with Gasteiger partial charge in [-0.3, -0.25) is 14.5 Å². The third-order valence-corrected chi connectivity index (χ3v) is 4.28. The van der Waals surface area contributed by atoms with E-state index < -0.39 is 29.0 Å². The first-order chi connectivity index (χ1) is 9.71. The van der Waals surface area contributed by atoms with Crippen LogP contribution in [0.5, 0.6) is 0 Å². The zero-order valence-electron chi connectivity index (χ0n) is 13.2. The normalized spacial score (nSPS) is 22.4. The van der Waals surface area contributed by atoms with E-state index in [1.807, 2.05) is 13.8 Å². The molecule has 0 aliphatic carbocycles. The average Bonchev–Trinajstić information content (AvgIpc) is 2.69. The summed E-state index contributed by atoms with van der Waals surface area (Å²) in [7, 11) is 0. The zero-order valence-corrected chi connectivity index (χ0v) is 13.2. The zero-order chi connectivity index (χ0) is 16.3. The molecule has 1 fully saturated rings. The second-order valence-electron chi connectivity index (χ2n) is 5.72. The van der Waals surface area contributed by atoms with Crippen LogP contribution in [0.25, 0.3) is 0 Å². The van der Waals surface area contributed by atoms with E-state index in [9.17, 15) is 19.5 Å². The summed E-state index contributed by atoms with van der Waals surface area (Å²) in [5, 5.41) is 15.3. The third-order valence-electron chi connectivity index (χ3n) is 4.28. The predicted molar refractivity (Wildman–Crippen MR) is 77.5 cm³/mol. The van der Waals surface area contributed by atoms with Gasteiger partial charge in [-0.25, -0.2) is 4.79 Å². The van der Waals surface area contributed by atoms with Gasteiger partial charge in [0.05, 0.1) is 5.60 Å². The molecule has 0 aromatic heterocycles. The highest BCUT2D eigenvalue weighted by Gasteiger charge is 2.47. The smallest absolute Gasteiger partial charge is 0.325 e. The van der Waals surface area contributed by atoms with E-state index in [-0.39, 0.29) is 13.1 Å². The minimum absolute atomic E-state index is 0.105. The Morgan fingerprint density at radius 3 is 2.33 bits per heavy atom. The molecule has 4 amide bonds. The fraction of sp³-hybridized carbons (Fsp3) is 0.786. The molecule has 1 heterocycles. The summed E-state index contributed by atoms with van der Waals surface area (Å²) >= 11 is 0. The number of aliphatic hydroxyl groups is 1. The number of nitrogens with zero attached hydrogens (tertiary/aromatic N) is 1. The fourth-order valence-electron chi connectivity index (χ4n) is 2.09. The first-order valence-electron chi connectivity index (χ1n) is 7.34. The molecule has 1 rings (SSSR count). The summed E-state index contributed by atoms with van der Waals surface area (Å²) in [4.78, 5) is 36.7. The lowest BCUT2D eigenvalue weighted by Gasteiger charge is -2.25. The topological polar surface area (TPSA) is 98.7 Å². The van der Waals surface area contributed by atoms with Crippen molar-refractivity contribution >= 4 is 17.8 Å². The van der Waals surface area contributed by atoms with Gasteiger partial charge in [0.25, 0.3) is 5.91 Å². The molecule has 21 heavy (non-hydrogen) atoms. The Hall–Kier alpha value is -1.63. The van der Waals surface area contributed by atoms with Crippen molar-refractivity contribution in [2.75, 3.05) is 13.1 Å². The van der Waals surface area contributed by atoms with Gasteiger partial charge in [-0.1, -0.05) is 20.8 Å². The van der Waals surface area contributed by atoms with Crippen LogP contribution in [-0.4, -0.2) is 52.1 Å². The van der Waals surface area contributed by atoms with E-state index in [1.165, 1.54) is 0 Å². The second-order valence-corrected chi connectivity index (χ2v) is 5.72. The molecule has 1 aliphatic heterocycles. The van der Waals surface area contributed by atoms with Crippen molar-refractivity contribution in [3.63, 3.8) is 0 Å². The molecule has 0 bridgehead atoms. The summed E-state index contributed by atoms with van der Waals surface area (Å²) in [6, 6.07) is -0.555. The lowest BCUT2D eigenvalue weighted by Crippen LogP contribution is -2.47. The number of carbonyl (C=O) groups excluding carboxylic acids is 3. The Bertz CT molecular complexity index is 434. The Balaban J connectivity index is 2.60. The SMILES string of the molecule is CCC(O)(CC)CNC(=O)CN1C(=O)NC(C)(CC)C1=O. The number of carbonyl (C=O) groups is 3. The molecular formula is C14H25N3O4. The molecular weight excluding hydrogens is 274 g/mol. The molecule has 120 valence electrons. The largest absolute Gasteiger partial charge is 0.388 e. The van der Waals surface area contributed by atoms with Gasteiger partial charge in [0.2, 0.25) is 5.91 Å². The number of imide groups is 1. The number of rotatable bonds is 7. The van der Waals surface area contributed by atoms with Gasteiger partial charge in [0, 0.05) is 6.54 Å². The van der Waals surface area contributed by atoms with E-state index in [0.717, 1.165) is 4.90 Å². The lowest BCUT2D eigenvalue weighted by atomic mass is 9.97. The van der Waals surface area contributed by atoms with Gasteiger partial charge >= 0.3 is 6.03 Å². The molecule has 1 atom stereocenters. The van der Waals surface area contributed by atoms with E-state index in [1.54, 1.807) is 13.8 Å². The number of hydrogen-bond acceptors (Lipinski definition) is 4. The van der Waals surface area contributed by atoms with Gasteiger partial charge in [-0.2, -0.15) is 0 Å². The Morgan fingerprint density at radius 2 is 1.90 bits per heavy atom. The minimum Gasteiger partial charge on any atom is -0.388 e.